The van der Waals surface area contributed by atoms with E-state index in [0.29, 0.717) is 0 Å². The molecule has 0 bridgehead atoms. The summed E-state index contributed by atoms with van der Waals surface area (Å²) in [6.45, 7) is 3.64. The van der Waals surface area contributed by atoms with Gasteiger partial charge in [0.15, 0.2) is 0 Å². The van der Waals surface area contributed by atoms with Crippen LogP contribution in [0, 0.1) is 6.92 Å². The monoisotopic (exact) mass is 213 g/mol. The fourth-order valence-electron chi connectivity index (χ4n) is 0.921. The fourth-order valence-corrected chi connectivity index (χ4v) is 1.17. The number of benzene rings is 1. The minimum absolute atomic E-state index is 0.623. The van der Waals surface area contributed by atoms with E-state index in [4.69, 9.17) is 0 Å². The summed E-state index contributed by atoms with van der Waals surface area (Å²) >= 11 is 3.38. The molecule has 2 heteroatoms. The van der Waals surface area contributed by atoms with Gasteiger partial charge in [0, 0.05) is 4.47 Å². The van der Waals surface area contributed by atoms with Gasteiger partial charge in [-0.05, 0) is 31.0 Å². The molecule has 0 aromatic heterocycles. The molecule has 0 fully saturated rings. The van der Waals surface area contributed by atoms with Crippen molar-refractivity contribution in [3.63, 3.8) is 0 Å². The zero-order chi connectivity index (χ0) is 8.43. The molecule has 0 saturated carbocycles. The highest BCUT2D eigenvalue weighted by Gasteiger charge is 2.02. The average Bonchev–Trinajstić information content (AvgIpc) is 1.94. The summed E-state index contributed by atoms with van der Waals surface area (Å²) < 4.78 is 1.06. The maximum absolute atomic E-state index is 11.0. The van der Waals surface area contributed by atoms with Gasteiger partial charge in [-0.25, -0.2) is 5.11 Å². The number of rotatable bonds is 1. The summed E-state index contributed by atoms with van der Waals surface area (Å²) in [6.07, 6.45) is -0.623. The van der Waals surface area contributed by atoms with Crippen LogP contribution in [0.5, 0.6) is 0 Å². The van der Waals surface area contributed by atoms with Gasteiger partial charge in [-0.2, -0.15) is 0 Å². The lowest BCUT2D eigenvalue weighted by atomic mass is 10.1. The molecule has 11 heavy (non-hydrogen) atoms. The Morgan fingerprint density at radius 1 is 1.45 bits per heavy atom. The minimum atomic E-state index is -0.623. The van der Waals surface area contributed by atoms with Crippen LogP contribution in [-0.2, 0) is 5.11 Å². The molecule has 0 aliphatic heterocycles. The van der Waals surface area contributed by atoms with Gasteiger partial charge < -0.3 is 0 Å². The molecular weight excluding hydrogens is 204 g/mol. The summed E-state index contributed by atoms with van der Waals surface area (Å²) in [7, 11) is 0. The van der Waals surface area contributed by atoms with Crippen LogP contribution >= 0.6 is 15.9 Å². The largest absolute Gasteiger partial charge is 0.228 e. The van der Waals surface area contributed by atoms with E-state index in [1.54, 1.807) is 6.92 Å². The van der Waals surface area contributed by atoms with Crippen molar-refractivity contribution in [1.29, 1.82) is 0 Å². The number of hydrogen-bond donors (Lipinski definition) is 0. The van der Waals surface area contributed by atoms with Gasteiger partial charge in [-0.15, -0.1) is 0 Å². The Kier molecular flexibility index (Phi) is 2.68. The highest BCUT2D eigenvalue weighted by Crippen LogP contribution is 2.20. The van der Waals surface area contributed by atoms with Crippen molar-refractivity contribution in [3.8, 4) is 0 Å². The molecule has 0 aliphatic rings. The van der Waals surface area contributed by atoms with E-state index >= 15 is 0 Å². The number of hydrogen-bond acceptors (Lipinski definition) is 0. The Morgan fingerprint density at radius 3 is 2.55 bits per heavy atom. The maximum atomic E-state index is 11.0. The van der Waals surface area contributed by atoms with Gasteiger partial charge in [-0.1, -0.05) is 28.1 Å². The molecule has 0 amide bonds. The third-order valence-corrected chi connectivity index (χ3v) is 2.54. The molecule has 0 spiro atoms. The topological polar surface area (TPSA) is 19.9 Å². The van der Waals surface area contributed by atoms with Crippen LogP contribution < -0.4 is 0 Å². The summed E-state index contributed by atoms with van der Waals surface area (Å²) in [5.41, 5.74) is 1.97. The summed E-state index contributed by atoms with van der Waals surface area (Å²) in [5, 5.41) is 11.0. The standard InChI is InChI=1S/C9H10BrO/c1-6-5-8(7(2)11)3-4-9(6)10/h3-5,7H,1-2H3. The first-order valence-corrected chi connectivity index (χ1v) is 4.32. The Morgan fingerprint density at radius 2 is 2.09 bits per heavy atom. The lowest BCUT2D eigenvalue weighted by molar-refractivity contribution is 0.106. The minimum Gasteiger partial charge on any atom is -0.228 e. The van der Waals surface area contributed by atoms with E-state index in [-0.39, 0.29) is 0 Å². The molecule has 1 aromatic carbocycles. The summed E-state index contributed by atoms with van der Waals surface area (Å²) in [5.74, 6) is 0. The van der Waals surface area contributed by atoms with Gasteiger partial charge >= 0.3 is 0 Å². The maximum Gasteiger partial charge on any atom is 0.115 e. The Bertz CT molecular complexity index is 256. The van der Waals surface area contributed by atoms with Gasteiger partial charge in [0.05, 0.1) is 0 Å². The van der Waals surface area contributed by atoms with Crippen molar-refractivity contribution < 1.29 is 5.11 Å². The predicted molar refractivity (Wildman–Crippen MR) is 48.0 cm³/mol. The summed E-state index contributed by atoms with van der Waals surface area (Å²) in [6, 6.07) is 5.69. The van der Waals surface area contributed by atoms with E-state index in [2.05, 4.69) is 15.9 Å². The van der Waals surface area contributed by atoms with Gasteiger partial charge in [0.2, 0.25) is 0 Å². The van der Waals surface area contributed by atoms with Crippen molar-refractivity contribution in [3.05, 3.63) is 33.8 Å². The van der Waals surface area contributed by atoms with Crippen LogP contribution in [0.25, 0.3) is 0 Å². The van der Waals surface area contributed by atoms with Crippen LogP contribution in [0.2, 0.25) is 0 Å². The molecule has 1 atom stereocenters. The molecule has 0 N–H and O–H groups in total. The van der Waals surface area contributed by atoms with Crippen molar-refractivity contribution >= 4 is 15.9 Å². The zero-order valence-electron chi connectivity index (χ0n) is 6.60. The highest BCUT2D eigenvalue weighted by atomic mass is 79.9. The van der Waals surface area contributed by atoms with Crippen LogP contribution in [0.15, 0.2) is 22.7 Å². The molecule has 0 aliphatic carbocycles. The second kappa shape index (κ2) is 3.37. The van der Waals surface area contributed by atoms with Crippen molar-refractivity contribution in [2.24, 2.45) is 0 Å². The van der Waals surface area contributed by atoms with Crippen molar-refractivity contribution in [1.82, 2.24) is 0 Å². The lowest BCUT2D eigenvalue weighted by Gasteiger charge is -2.04. The van der Waals surface area contributed by atoms with Gasteiger partial charge in [-0.3, -0.25) is 0 Å². The molecule has 1 aromatic rings. The molecule has 1 radical (unpaired) electrons. The van der Waals surface area contributed by atoms with E-state index in [0.717, 1.165) is 15.6 Å². The first kappa shape index (κ1) is 8.75. The second-order valence-electron chi connectivity index (χ2n) is 2.65. The normalized spacial score (nSPS) is 13.1. The van der Waals surface area contributed by atoms with E-state index in [9.17, 15) is 5.11 Å². The van der Waals surface area contributed by atoms with Crippen molar-refractivity contribution in [2.45, 2.75) is 20.0 Å². The van der Waals surface area contributed by atoms with E-state index in [1.165, 1.54) is 0 Å². The zero-order valence-corrected chi connectivity index (χ0v) is 8.18. The highest BCUT2D eigenvalue weighted by molar-refractivity contribution is 9.10. The number of halogens is 1. The number of aryl methyl sites for hydroxylation is 1. The van der Waals surface area contributed by atoms with Crippen LogP contribution in [0.3, 0.4) is 0 Å². The molecule has 1 nitrogen and oxygen atoms in total. The van der Waals surface area contributed by atoms with Crippen LogP contribution in [0.1, 0.15) is 24.2 Å². The quantitative estimate of drug-likeness (QED) is 0.683. The second-order valence-corrected chi connectivity index (χ2v) is 3.51. The molecular formula is C9H10BrO. The average molecular weight is 214 g/mol. The first-order valence-electron chi connectivity index (χ1n) is 3.53. The molecule has 0 heterocycles. The van der Waals surface area contributed by atoms with Crippen LogP contribution in [0.4, 0.5) is 0 Å². The van der Waals surface area contributed by atoms with Crippen LogP contribution in [-0.4, -0.2) is 0 Å². The molecule has 1 unspecified atom stereocenters. The SMILES string of the molecule is Cc1cc(C(C)[O])ccc1Br. The molecule has 1 rings (SSSR count). The smallest absolute Gasteiger partial charge is 0.115 e. The van der Waals surface area contributed by atoms with Crippen molar-refractivity contribution in [2.75, 3.05) is 0 Å². The Balaban J connectivity index is 3.05. The van der Waals surface area contributed by atoms with E-state index in [1.807, 2.05) is 25.1 Å². The first-order chi connectivity index (χ1) is 5.11. The fraction of sp³-hybridized carbons (Fsp3) is 0.333. The summed E-state index contributed by atoms with van der Waals surface area (Å²) in [4.78, 5) is 0. The van der Waals surface area contributed by atoms with E-state index < -0.39 is 6.10 Å². The third-order valence-electron chi connectivity index (χ3n) is 1.65. The van der Waals surface area contributed by atoms with Gasteiger partial charge in [0.1, 0.15) is 6.10 Å². The molecule has 59 valence electrons. The lowest BCUT2D eigenvalue weighted by Crippen LogP contribution is -1.89. The molecule has 0 saturated heterocycles. The third kappa shape index (κ3) is 2.04. The Labute approximate surface area is 75.2 Å². The Hall–Kier alpha value is -0.340. The predicted octanol–water partition coefficient (Wildman–Crippen LogP) is 3.25. The van der Waals surface area contributed by atoms with Gasteiger partial charge in [0.25, 0.3) is 0 Å².